The lowest BCUT2D eigenvalue weighted by Gasteiger charge is -2.30. The highest BCUT2D eigenvalue weighted by molar-refractivity contribution is 6.03. The van der Waals surface area contributed by atoms with Crippen LogP contribution in [0, 0.1) is 11.6 Å². The predicted molar refractivity (Wildman–Crippen MR) is 159 cm³/mol. The molecule has 4 aromatic rings. The van der Waals surface area contributed by atoms with Crippen molar-refractivity contribution in [3.63, 3.8) is 0 Å². The van der Waals surface area contributed by atoms with Gasteiger partial charge in [-0.3, -0.25) is 14.2 Å². The Morgan fingerprint density at radius 2 is 1.78 bits per heavy atom. The van der Waals surface area contributed by atoms with Gasteiger partial charge in [0.15, 0.2) is 11.6 Å². The van der Waals surface area contributed by atoms with Crippen LogP contribution in [0.1, 0.15) is 42.4 Å². The van der Waals surface area contributed by atoms with Crippen molar-refractivity contribution in [2.24, 2.45) is 0 Å². The molecule has 5 rings (SSSR count). The molecule has 1 N–H and O–H groups in total. The number of aryl methyl sites for hydroxylation is 1. The molecule has 2 aromatic heterocycles. The molecule has 0 saturated heterocycles. The van der Waals surface area contributed by atoms with Crippen LogP contribution in [-0.2, 0) is 24.2 Å². The minimum absolute atomic E-state index is 0.0318. The molecule has 46 heavy (non-hydrogen) atoms. The number of anilines is 1. The van der Waals surface area contributed by atoms with Gasteiger partial charge in [0.2, 0.25) is 5.88 Å². The molecule has 1 aliphatic rings. The summed E-state index contributed by atoms with van der Waals surface area (Å²) in [5.41, 5.74) is -2.13. The molecule has 0 spiro atoms. The summed E-state index contributed by atoms with van der Waals surface area (Å²) in [5, 5.41) is 2.40. The highest BCUT2D eigenvalue weighted by Crippen LogP contribution is 2.31. The Hall–Kier alpha value is -5.47. The van der Waals surface area contributed by atoms with Gasteiger partial charge in [0.1, 0.15) is 30.0 Å². The maximum atomic E-state index is 15.2. The number of carbonyl (C=O) groups is 2. The second kappa shape index (κ2) is 12.9. The molecule has 0 bridgehead atoms. The number of amides is 2. The fraction of sp³-hybridized carbons (Fsp3) is 0.290. The summed E-state index contributed by atoms with van der Waals surface area (Å²) >= 11 is 0. The van der Waals surface area contributed by atoms with Crippen LogP contribution in [0.4, 0.5) is 23.7 Å². The number of benzene rings is 2. The summed E-state index contributed by atoms with van der Waals surface area (Å²) in [6.07, 6.45) is 2.00. The zero-order valence-corrected chi connectivity index (χ0v) is 25.1. The van der Waals surface area contributed by atoms with E-state index in [1.807, 2.05) is 0 Å². The highest BCUT2D eigenvalue weighted by atomic mass is 19.1. The maximum absolute atomic E-state index is 15.2. The normalized spacial score (nSPS) is 12.8. The van der Waals surface area contributed by atoms with Gasteiger partial charge < -0.3 is 19.7 Å². The van der Waals surface area contributed by atoms with Crippen molar-refractivity contribution in [2.45, 2.75) is 45.9 Å². The van der Waals surface area contributed by atoms with E-state index < -0.39 is 59.3 Å². The lowest BCUT2D eigenvalue weighted by atomic mass is 10.1. The SMILES string of the molecule is CC(C)(C)OC(=O)N1CCc2c(ncnc2Oc2ccc(NC(=O)c3cn(CCF)c(=O)n(-c4ccc(F)cc4)c3=O)cc2F)C1. The number of ether oxygens (including phenoxy) is 2. The molecule has 1 aliphatic heterocycles. The van der Waals surface area contributed by atoms with E-state index in [-0.39, 0.29) is 29.5 Å². The number of hydrogen-bond donors (Lipinski definition) is 1. The number of nitrogens with zero attached hydrogens (tertiary/aromatic N) is 5. The third-order valence-corrected chi connectivity index (χ3v) is 6.83. The summed E-state index contributed by atoms with van der Waals surface area (Å²) in [4.78, 5) is 61.6. The van der Waals surface area contributed by atoms with Gasteiger partial charge in [-0.2, -0.15) is 0 Å². The maximum Gasteiger partial charge on any atom is 0.410 e. The molecule has 0 fully saturated rings. The van der Waals surface area contributed by atoms with Gasteiger partial charge in [-0.15, -0.1) is 0 Å². The second-order valence-corrected chi connectivity index (χ2v) is 11.3. The van der Waals surface area contributed by atoms with Crippen molar-refractivity contribution in [1.82, 2.24) is 24.0 Å². The molecule has 0 radical (unpaired) electrons. The number of alkyl halides is 1. The van der Waals surface area contributed by atoms with Crippen LogP contribution in [0.2, 0.25) is 0 Å². The van der Waals surface area contributed by atoms with Crippen LogP contribution in [0.3, 0.4) is 0 Å². The van der Waals surface area contributed by atoms with Crippen LogP contribution in [0.5, 0.6) is 11.6 Å². The molecule has 0 aliphatic carbocycles. The fourth-order valence-corrected chi connectivity index (χ4v) is 4.69. The Morgan fingerprint density at radius 3 is 2.46 bits per heavy atom. The number of nitrogens with one attached hydrogen (secondary N) is 1. The predicted octanol–water partition coefficient (Wildman–Crippen LogP) is 4.37. The van der Waals surface area contributed by atoms with Gasteiger partial charge in [-0.1, -0.05) is 0 Å². The number of carbonyl (C=O) groups excluding carboxylic acids is 2. The van der Waals surface area contributed by atoms with Gasteiger partial charge in [0.25, 0.3) is 11.5 Å². The molecule has 0 saturated carbocycles. The third-order valence-electron chi connectivity index (χ3n) is 6.83. The van der Waals surface area contributed by atoms with E-state index in [1.165, 1.54) is 35.5 Å². The Morgan fingerprint density at radius 1 is 1.04 bits per heavy atom. The monoisotopic (exact) mass is 638 g/mol. The van der Waals surface area contributed by atoms with Crippen molar-refractivity contribution < 1.29 is 32.2 Å². The molecule has 240 valence electrons. The molecule has 2 aromatic carbocycles. The zero-order chi connectivity index (χ0) is 33.2. The average molecular weight is 639 g/mol. The first-order valence-electron chi connectivity index (χ1n) is 14.1. The molecule has 2 amide bonds. The smallest absolute Gasteiger partial charge is 0.410 e. The second-order valence-electron chi connectivity index (χ2n) is 11.3. The first-order chi connectivity index (χ1) is 21.8. The topological polar surface area (TPSA) is 138 Å². The molecular formula is C31H29F3N6O6. The van der Waals surface area contributed by atoms with Crippen LogP contribution in [-0.4, -0.2) is 54.8 Å². The first kappa shape index (κ1) is 31.9. The van der Waals surface area contributed by atoms with Gasteiger partial charge in [0.05, 0.1) is 24.5 Å². The van der Waals surface area contributed by atoms with Crippen molar-refractivity contribution in [1.29, 1.82) is 0 Å². The number of rotatable bonds is 7. The van der Waals surface area contributed by atoms with Crippen molar-refractivity contribution >= 4 is 17.7 Å². The molecule has 12 nitrogen and oxygen atoms in total. The molecule has 0 unspecified atom stereocenters. The molecule has 0 atom stereocenters. The lowest BCUT2D eigenvalue weighted by Crippen LogP contribution is -2.42. The molecule has 15 heteroatoms. The number of aromatic nitrogens is 4. The minimum atomic E-state index is -1.04. The summed E-state index contributed by atoms with van der Waals surface area (Å²) < 4.78 is 54.5. The Kier molecular flexibility index (Phi) is 8.94. The number of halogens is 3. The Bertz CT molecular complexity index is 1920. The van der Waals surface area contributed by atoms with E-state index in [0.717, 1.165) is 29.0 Å². The summed E-state index contributed by atoms with van der Waals surface area (Å²) in [6.45, 7) is 4.34. The van der Waals surface area contributed by atoms with Crippen molar-refractivity contribution in [3.05, 3.63) is 104 Å². The van der Waals surface area contributed by atoms with Crippen molar-refractivity contribution in [2.75, 3.05) is 18.5 Å². The highest BCUT2D eigenvalue weighted by Gasteiger charge is 2.29. The fourth-order valence-electron chi connectivity index (χ4n) is 4.69. The minimum Gasteiger partial charge on any atom is -0.444 e. The van der Waals surface area contributed by atoms with Crippen LogP contribution < -0.4 is 21.3 Å². The van der Waals surface area contributed by atoms with Crippen LogP contribution in [0.25, 0.3) is 5.69 Å². The summed E-state index contributed by atoms with van der Waals surface area (Å²) in [6, 6.07) is 7.91. The van der Waals surface area contributed by atoms with E-state index in [2.05, 4.69) is 15.3 Å². The van der Waals surface area contributed by atoms with Crippen molar-refractivity contribution in [3.8, 4) is 17.3 Å². The van der Waals surface area contributed by atoms with E-state index >= 15 is 4.39 Å². The summed E-state index contributed by atoms with van der Waals surface area (Å²) in [7, 11) is 0. The van der Waals surface area contributed by atoms with Crippen LogP contribution >= 0.6 is 0 Å². The third kappa shape index (κ3) is 6.92. The average Bonchev–Trinajstić information content (AvgIpc) is 3.00. The van der Waals surface area contributed by atoms with E-state index in [9.17, 15) is 28.0 Å². The van der Waals surface area contributed by atoms with E-state index in [4.69, 9.17) is 9.47 Å². The van der Waals surface area contributed by atoms with Gasteiger partial charge >= 0.3 is 11.8 Å². The van der Waals surface area contributed by atoms with E-state index in [0.29, 0.717) is 28.8 Å². The first-order valence-corrected chi connectivity index (χ1v) is 14.1. The molecule has 3 heterocycles. The van der Waals surface area contributed by atoms with Crippen LogP contribution in [0.15, 0.2) is 64.6 Å². The number of hydrogen-bond acceptors (Lipinski definition) is 8. The lowest BCUT2D eigenvalue weighted by molar-refractivity contribution is 0.0219. The van der Waals surface area contributed by atoms with E-state index in [1.54, 1.807) is 20.8 Å². The standard InChI is InChI=1S/C31H29F3N6O6/c1-31(2,3)46-30(44)39-12-10-21-24(16-39)35-17-36-27(21)45-25-9-6-19(14-23(25)34)37-26(41)22-15-38(13-11-32)29(43)40(28(22)42)20-7-4-18(33)5-8-20/h4-9,14-15,17H,10-13,16H2,1-3H3,(H,37,41). The number of fused-ring (bicyclic) bond motifs is 1. The Labute approximate surface area is 260 Å². The summed E-state index contributed by atoms with van der Waals surface area (Å²) in [5.74, 6) is -2.61. The quantitative estimate of drug-likeness (QED) is 0.315. The Balaban J connectivity index is 1.35. The largest absolute Gasteiger partial charge is 0.444 e. The van der Waals surface area contributed by atoms with Gasteiger partial charge in [0, 0.05) is 30.1 Å². The molecular weight excluding hydrogens is 609 g/mol. The van der Waals surface area contributed by atoms with Gasteiger partial charge in [-0.05, 0) is 63.6 Å². The van der Waals surface area contributed by atoms with Gasteiger partial charge in [-0.25, -0.2) is 37.3 Å². The zero-order valence-electron chi connectivity index (χ0n) is 25.1.